The van der Waals surface area contributed by atoms with E-state index >= 15 is 0 Å². The van der Waals surface area contributed by atoms with E-state index in [0.29, 0.717) is 24.8 Å². The Morgan fingerprint density at radius 2 is 1.72 bits per heavy atom. The van der Waals surface area contributed by atoms with E-state index in [2.05, 4.69) is 9.88 Å². The predicted octanol–water partition coefficient (Wildman–Crippen LogP) is 5.70. The van der Waals surface area contributed by atoms with Crippen molar-refractivity contribution >= 4 is 32.6 Å². The number of halogens is 3. The number of ether oxygens (including phenoxy) is 1. The summed E-state index contributed by atoms with van der Waals surface area (Å²) >= 11 is 1.36. The number of hydrogen-bond donors (Lipinski definition) is 0. The first-order valence-electron chi connectivity index (χ1n) is 10.5. The first-order valence-corrected chi connectivity index (χ1v) is 11.3. The zero-order valence-corrected chi connectivity index (χ0v) is 19.1. The first-order chi connectivity index (χ1) is 15.3. The van der Waals surface area contributed by atoms with Crippen LogP contribution in [0.4, 0.5) is 18.3 Å². The van der Waals surface area contributed by atoms with E-state index < -0.39 is 11.7 Å². The molecule has 0 saturated carbocycles. The summed E-state index contributed by atoms with van der Waals surface area (Å²) in [5.41, 5.74) is 0.139. The number of anilines is 1. The Kier molecular flexibility index (Phi) is 7.73. The second kappa shape index (κ2) is 10.3. The predicted molar refractivity (Wildman–Crippen MR) is 122 cm³/mol. The quantitative estimate of drug-likeness (QED) is 0.407. The number of likely N-dealkylation sites (N-methyl/N-ethyl adjacent to an activating group) is 1. The zero-order valence-electron chi connectivity index (χ0n) is 18.3. The maximum Gasteiger partial charge on any atom is 0.416 e. The molecule has 0 aliphatic rings. The maximum atomic E-state index is 13.3. The molecule has 0 atom stereocenters. The van der Waals surface area contributed by atoms with Crippen molar-refractivity contribution in [2.75, 3.05) is 37.7 Å². The van der Waals surface area contributed by atoms with Gasteiger partial charge in [-0.05, 0) is 62.5 Å². The van der Waals surface area contributed by atoms with Gasteiger partial charge in [-0.25, -0.2) is 4.98 Å². The molecular formula is C23H26F3N3O2S. The van der Waals surface area contributed by atoms with Gasteiger partial charge in [-0.3, -0.25) is 9.69 Å². The van der Waals surface area contributed by atoms with Gasteiger partial charge in [0.05, 0.1) is 22.4 Å². The number of alkyl halides is 3. The molecular weight excluding hydrogens is 439 g/mol. The Balaban J connectivity index is 1.94. The SMILES string of the molecule is CCOc1ccc2nc(N(CCN(CC)CC)C(=O)c3ccc(C(F)(F)F)cc3)sc2c1. The molecule has 0 aliphatic heterocycles. The fourth-order valence-electron chi connectivity index (χ4n) is 3.29. The van der Waals surface area contributed by atoms with Crippen LogP contribution in [0.15, 0.2) is 42.5 Å². The van der Waals surface area contributed by atoms with Crippen molar-refractivity contribution in [2.24, 2.45) is 0 Å². The van der Waals surface area contributed by atoms with E-state index in [0.717, 1.165) is 41.2 Å². The van der Waals surface area contributed by atoms with Crippen LogP contribution in [0.25, 0.3) is 10.2 Å². The smallest absolute Gasteiger partial charge is 0.416 e. The number of carbonyl (C=O) groups excluding carboxylic acids is 1. The number of fused-ring (bicyclic) bond motifs is 1. The Labute approximate surface area is 189 Å². The van der Waals surface area contributed by atoms with Gasteiger partial charge < -0.3 is 9.64 Å². The number of carbonyl (C=O) groups is 1. The average Bonchev–Trinajstić information content (AvgIpc) is 3.19. The molecule has 9 heteroatoms. The summed E-state index contributed by atoms with van der Waals surface area (Å²) in [4.78, 5) is 21.6. The number of hydrogen-bond acceptors (Lipinski definition) is 5. The Bertz CT molecular complexity index is 1050. The molecule has 1 aromatic heterocycles. The molecule has 172 valence electrons. The number of aromatic nitrogens is 1. The van der Waals surface area contributed by atoms with Crippen LogP contribution in [-0.2, 0) is 6.18 Å². The summed E-state index contributed by atoms with van der Waals surface area (Å²) in [6, 6.07) is 9.85. The van der Waals surface area contributed by atoms with E-state index in [1.54, 1.807) is 4.90 Å². The largest absolute Gasteiger partial charge is 0.494 e. The molecule has 0 bridgehead atoms. The summed E-state index contributed by atoms with van der Waals surface area (Å²) in [6.45, 7) is 9.18. The number of amides is 1. The minimum atomic E-state index is -4.45. The Hall–Kier alpha value is -2.65. The van der Waals surface area contributed by atoms with Gasteiger partial charge in [0.15, 0.2) is 5.13 Å². The van der Waals surface area contributed by atoms with Crippen LogP contribution in [0.3, 0.4) is 0 Å². The van der Waals surface area contributed by atoms with E-state index in [1.807, 2.05) is 39.0 Å². The van der Waals surface area contributed by atoms with Crippen molar-refractivity contribution < 1.29 is 22.7 Å². The number of rotatable bonds is 9. The number of nitrogens with zero attached hydrogens (tertiary/aromatic N) is 3. The van der Waals surface area contributed by atoms with E-state index in [-0.39, 0.29) is 11.5 Å². The third kappa shape index (κ3) is 5.58. The van der Waals surface area contributed by atoms with Gasteiger partial charge in [0.1, 0.15) is 5.75 Å². The van der Waals surface area contributed by atoms with Gasteiger partial charge in [0.25, 0.3) is 5.91 Å². The fraction of sp³-hybridized carbons (Fsp3) is 0.391. The van der Waals surface area contributed by atoms with Crippen molar-refractivity contribution in [3.05, 3.63) is 53.6 Å². The van der Waals surface area contributed by atoms with Gasteiger partial charge >= 0.3 is 6.18 Å². The molecule has 0 radical (unpaired) electrons. The summed E-state index contributed by atoms with van der Waals surface area (Å²) in [7, 11) is 0. The van der Waals surface area contributed by atoms with Gasteiger partial charge in [-0.2, -0.15) is 13.2 Å². The fourth-order valence-corrected chi connectivity index (χ4v) is 4.31. The second-order valence-electron chi connectivity index (χ2n) is 7.12. The minimum absolute atomic E-state index is 0.187. The normalized spacial score (nSPS) is 11.8. The highest BCUT2D eigenvalue weighted by Gasteiger charge is 2.31. The first kappa shape index (κ1) is 24.0. The monoisotopic (exact) mass is 465 g/mol. The van der Waals surface area contributed by atoms with Crippen molar-refractivity contribution in [1.29, 1.82) is 0 Å². The summed E-state index contributed by atoms with van der Waals surface area (Å²) in [6.07, 6.45) is -4.45. The Morgan fingerprint density at radius 1 is 1.03 bits per heavy atom. The molecule has 0 fully saturated rings. The Morgan fingerprint density at radius 3 is 2.31 bits per heavy atom. The summed E-state index contributed by atoms with van der Waals surface area (Å²) < 4.78 is 45.2. The van der Waals surface area contributed by atoms with Crippen LogP contribution in [0.1, 0.15) is 36.7 Å². The lowest BCUT2D eigenvalue weighted by atomic mass is 10.1. The van der Waals surface area contributed by atoms with Crippen LogP contribution >= 0.6 is 11.3 Å². The molecule has 0 saturated heterocycles. The van der Waals surface area contributed by atoms with Gasteiger partial charge in [0, 0.05) is 18.7 Å². The standard InChI is InChI=1S/C23H26F3N3O2S/c1-4-28(5-2)13-14-29(21(30)16-7-9-17(10-8-16)23(24,25)26)22-27-19-12-11-18(31-6-3)15-20(19)32-22/h7-12,15H,4-6,13-14H2,1-3H3. The molecule has 0 N–H and O–H groups in total. The summed E-state index contributed by atoms with van der Waals surface area (Å²) in [5.74, 6) is 0.342. The maximum absolute atomic E-state index is 13.3. The average molecular weight is 466 g/mol. The zero-order chi connectivity index (χ0) is 23.3. The minimum Gasteiger partial charge on any atom is -0.494 e. The van der Waals surface area contributed by atoms with Crippen LogP contribution in [0, 0.1) is 0 Å². The molecule has 2 aromatic carbocycles. The van der Waals surface area contributed by atoms with Crippen LogP contribution in [-0.4, -0.2) is 48.6 Å². The molecule has 0 unspecified atom stereocenters. The lowest BCUT2D eigenvalue weighted by Crippen LogP contribution is -2.38. The molecule has 3 aromatic rings. The van der Waals surface area contributed by atoms with Gasteiger partial charge in [0.2, 0.25) is 0 Å². The third-order valence-electron chi connectivity index (χ3n) is 5.13. The number of benzene rings is 2. The topological polar surface area (TPSA) is 45.7 Å². The van der Waals surface area contributed by atoms with E-state index in [9.17, 15) is 18.0 Å². The van der Waals surface area contributed by atoms with E-state index in [4.69, 9.17) is 4.74 Å². The molecule has 0 aliphatic carbocycles. The second-order valence-corrected chi connectivity index (χ2v) is 8.13. The lowest BCUT2D eigenvalue weighted by Gasteiger charge is -2.24. The molecule has 1 amide bonds. The van der Waals surface area contributed by atoms with Crippen molar-refractivity contribution in [1.82, 2.24) is 9.88 Å². The van der Waals surface area contributed by atoms with Crippen molar-refractivity contribution in [3.63, 3.8) is 0 Å². The highest BCUT2D eigenvalue weighted by Crippen LogP contribution is 2.33. The van der Waals surface area contributed by atoms with Gasteiger partial charge in [-0.15, -0.1) is 0 Å². The van der Waals surface area contributed by atoms with E-state index in [1.165, 1.54) is 23.5 Å². The highest BCUT2D eigenvalue weighted by atomic mass is 32.1. The van der Waals surface area contributed by atoms with Crippen molar-refractivity contribution in [3.8, 4) is 5.75 Å². The van der Waals surface area contributed by atoms with Crippen LogP contribution in [0.5, 0.6) is 5.75 Å². The molecule has 1 heterocycles. The summed E-state index contributed by atoms with van der Waals surface area (Å²) in [5, 5.41) is 0.505. The van der Waals surface area contributed by atoms with Gasteiger partial charge in [-0.1, -0.05) is 25.2 Å². The molecule has 5 nitrogen and oxygen atoms in total. The van der Waals surface area contributed by atoms with Crippen molar-refractivity contribution in [2.45, 2.75) is 26.9 Å². The molecule has 32 heavy (non-hydrogen) atoms. The molecule has 0 spiro atoms. The lowest BCUT2D eigenvalue weighted by molar-refractivity contribution is -0.137. The van der Waals surface area contributed by atoms with Crippen LogP contribution in [0.2, 0.25) is 0 Å². The highest BCUT2D eigenvalue weighted by molar-refractivity contribution is 7.22. The number of thiazole rings is 1. The third-order valence-corrected chi connectivity index (χ3v) is 6.17. The van der Waals surface area contributed by atoms with Crippen LogP contribution < -0.4 is 9.64 Å². The molecule has 3 rings (SSSR count).